The fourth-order valence-electron chi connectivity index (χ4n) is 1.86. The molecule has 2 aromatic rings. The highest BCUT2D eigenvalue weighted by Gasteiger charge is 2.30. The molecule has 24 heavy (non-hydrogen) atoms. The maximum absolute atomic E-state index is 12.7. The van der Waals surface area contributed by atoms with Crippen molar-refractivity contribution in [1.82, 2.24) is 0 Å². The Morgan fingerprint density at radius 3 is 2.25 bits per heavy atom. The van der Waals surface area contributed by atoms with E-state index in [0.29, 0.717) is 0 Å². The van der Waals surface area contributed by atoms with E-state index in [2.05, 4.69) is 5.32 Å². The van der Waals surface area contributed by atoms with Crippen LogP contribution in [0.2, 0.25) is 0 Å². The van der Waals surface area contributed by atoms with Gasteiger partial charge >= 0.3 is 6.18 Å². The lowest BCUT2D eigenvalue weighted by Crippen LogP contribution is -2.21. The molecule has 0 aromatic heterocycles. The first kappa shape index (κ1) is 17.8. The van der Waals surface area contributed by atoms with Crippen LogP contribution in [0, 0.1) is 0 Å². The topological polar surface area (TPSA) is 101 Å². The number of rotatable bonds is 4. The number of nitrogens with two attached hydrogens (primary N) is 1. The van der Waals surface area contributed by atoms with E-state index in [4.69, 9.17) is 5.14 Å². The number of halogens is 3. The van der Waals surface area contributed by atoms with Crippen LogP contribution in [-0.4, -0.2) is 14.3 Å². The lowest BCUT2D eigenvalue weighted by molar-refractivity contribution is -0.137. The zero-order valence-electron chi connectivity index (χ0n) is 12.0. The van der Waals surface area contributed by atoms with Crippen molar-refractivity contribution in [1.29, 1.82) is 0 Å². The third kappa shape index (κ3) is 4.96. The van der Waals surface area contributed by atoms with Crippen LogP contribution in [0.1, 0.15) is 15.9 Å². The van der Waals surface area contributed by atoms with Gasteiger partial charge in [-0.1, -0.05) is 12.1 Å². The Labute approximate surface area is 135 Å². The van der Waals surface area contributed by atoms with Gasteiger partial charge in [-0.2, -0.15) is 21.6 Å². The summed E-state index contributed by atoms with van der Waals surface area (Å²) in [5.41, 5.74) is -0.847. The van der Waals surface area contributed by atoms with Crippen molar-refractivity contribution < 1.29 is 26.4 Å². The van der Waals surface area contributed by atoms with Gasteiger partial charge in [-0.15, -0.1) is 0 Å². The van der Waals surface area contributed by atoms with Gasteiger partial charge in [0.25, 0.3) is 16.1 Å². The van der Waals surface area contributed by atoms with Crippen molar-refractivity contribution in [2.24, 2.45) is 5.14 Å². The summed E-state index contributed by atoms with van der Waals surface area (Å²) in [5.74, 6) is -0.770. The van der Waals surface area contributed by atoms with Crippen LogP contribution >= 0.6 is 0 Å². The van der Waals surface area contributed by atoms with E-state index in [1.54, 1.807) is 0 Å². The van der Waals surface area contributed by atoms with Crippen LogP contribution in [0.5, 0.6) is 0 Å². The van der Waals surface area contributed by atoms with Gasteiger partial charge < -0.3 is 5.32 Å². The van der Waals surface area contributed by atoms with Crippen LogP contribution in [0.15, 0.2) is 48.5 Å². The van der Waals surface area contributed by atoms with Gasteiger partial charge in [-0.25, -0.2) is 5.14 Å². The predicted octanol–water partition coefficient (Wildman–Crippen LogP) is 2.57. The molecule has 0 bridgehead atoms. The molecule has 0 aliphatic carbocycles. The zero-order chi connectivity index (χ0) is 18.0. The third-order valence-electron chi connectivity index (χ3n) is 2.83. The van der Waals surface area contributed by atoms with Crippen LogP contribution < -0.4 is 15.2 Å². The molecule has 0 atom stereocenters. The Bertz CT molecular complexity index is 867. The molecule has 0 unspecified atom stereocenters. The molecule has 0 aliphatic rings. The molecule has 0 radical (unpaired) electrons. The number of carbonyl (C=O) groups is 1. The minimum Gasteiger partial charge on any atom is -0.322 e. The number of anilines is 2. The number of alkyl halides is 3. The Morgan fingerprint density at radius 2 is 1.62 bits per heavy atom. The second-order valence-electron chi connectivity index (χ2n) is 4.76. The SMILES string of the molecule is NS(=O)(=O)Nc1cccc(NC(=O)c2cccc(C(F)(F)F)c2)c1. The monoisotopic (exact) mass is 359 g/mol. The molecule has 0 spiro atoms. The lowest BCUT2D eigenvalue weighted by Gasteiger charge is -2.10. The molecule has 2 aromatic carbocycles. The summed E-state index contributed by atoms with van der Waals surface area (Å²) >= 11 is 0. The molecule has 0 fully saturated rings. The number of hydrogen-bond acceptors (Lipinski definition) is 3. The van der Waals surface area contributed by atoms with Crippen LogP contribution in [0.4, 0.5) is 24.5 Å². The van der Waals surface area contributed by atoms with Crippen molar-refractivity contribution in [3.63, 3.8) is 0 Å². The van der Waals surface area contributed by atoms with Gasteiger partial charge in [0.1, 0.15) is 0 Å². The Morgan fingerprint density at radius 1 is 1.00 bits per heavy atom. The average molecular weight is 359 g/mol. The van der Waals surface area contributed by atoms with Crippen LogP contribution in [0.3, 0.4) is 0 Å². The molecule has 10 heteroatoms. The molecular formula is C14H12F3N3O3S. The highest BCUT2D eigenvalue weighted by Crippen LogP contribution is 2.29. The van der Waals surface area contributed by atoms with Gasteiger partial charge in [0.2, 0.25) is 0 Å². The van der Waals surface area contributed by atoms with Gasteiger partial charge in [-0.3, -0.25) is 9.52 Å². The standard InChI is InChI=1S/C14H12F3N3O3S/c15-14(16,17)10-4-1-3-9(7-10)13(21)19-11-5-2-6-12(8-11)20-24(18,22)23/h1-8,20H,(H,19,21)(H2,18,22,23). The second kappa shape index (κ2) is 6.49. The fourth-order valence-corrected chi connectivity index (χ4v) is 2.32. The first-order valence-corrected chi connectivity index (χ1v) is 7.98. The molecule has 4 N–H and O–H groups in total. The average Bonchev–Trinajstić information content (AvgIpc) is 2.45. The summed E-state index contributed by atoms with van der Waals surface area (Å²) < 4.78 is 61.9. The highest BCUT2D eigenvalue weighted by atomic mass is 32.2. The summed E-state index contributed by atoms with van der Waals surface area (Å²) in [4.78, 5) is 12.0. The van der Waals surface area contributed by atoms with Crippen LogP contribution in [-0.2, 0) is 16.4 Å². The highest BCUT2D eigenvalue weighted by molar-refractivity contribution is 7.90. The largest absolute Gasteiger partial charge is 0.416 e. The van der Waals surface area contributed by atoms with Gasteiger partial charge in [0.05, 0.1) is 11.3 Å². The summed E-state index contributed by atoms with van der Waals surface area (Å²) in [6.07, 6.45) is -4.56. The quantitative estimate of drug-likeness (QED) is 0.782. The molecule has 2 rings (SSSR count). The van der Waals surface area contributed by atoms with E-state index in [-0.39, 0.29) is 16.9 Å². The Hall–Kier alpha value is -2.59. The zero-order valence-corrected chi connectivity index (χ0v) is 12.8. The predicted molar refractivity (Wildman–Crippen MR) is 82.6 cm³/mol. The van der Waals surface area contributed by atoms with E-state index < -0.39 is 27.9 Å². The summed E-state index contributed by atoms with van der Waals surface area (Å²) in [5, 5.41) is 7.22. The lowest BCUT2D eigenvalue weighted by atomic mass is 10.1. The third-order valence-corrected chi connectivity index (χ3v) is 3.35. The summed E-state index contributed by atoms with van der Waals surface area (Å²) in [6, 6.07) is 9.48. The molecule has 0 saturated heterocycles. The molecular weight excluding hydrogens is 347 g/mol. The Balaban J connectivity index is 2.20. The summed E-state index contributed by atoms with van der Waals surface area (Å²) in [7, 11) is -3.98. The molecule has 0 aliphatic heterocycles. The van der Waals surface area contributed by atoms with Crippen molar-refractivity contribution in [2.45, 2.75) is 6.18 Å². The fraction of sp³-hybridized carbons (Fsp3) is 0.0714. The maximum Gasteiger partial charge on any atom is 0.416 e. The van der Waals surface area contributed by atoms with Gasteiger partial charge in [-0.05, 0) is 36.4 Å². The minimum absolute atomic E-state index is 0.0966. The van der Waals surface area contributed by atoms with Gasteiger partial charge in [0, 0.05) is 11.3 Å². The van der Waals surface area contributed by atoms with E-state index in [1.165, 1.54) is 30.3 Å². The number of amides is 1. The molecule has 0 heterocycles. The van der Waals surface area contributed by atoms with Crippen molar-refractivity contribution in [3.05, 3.63) is 59.7 Å². The maximum atomic E-state index is 12.7. The molecule has 0 saturated carbocycles. The van der Waals surface area contributed by atoms with Crippen molar-refractivity contribution in [2.75, 3.05) is 10.0 Å². The van der Waals surface area contributed by atoms with E-state index in [1.807, 2.05) is 4.72 Å². The smallest absolute Gasteiger partial charge is 0.322 e. The number of hydrogen-bond donors (Lipinski definition) is 3. The van der Waals surface area contributed by atoms with Crippen LogP contribution in [0.25, 0.3) is 0 Å². The molecule has 128 valence electrons. The number of benzene rings is 2. The first-order chi connectivity index (χ1) is 11.0. The Kier molecular flexibility index (Phi) is 4.81. The number of carbonyl (C=O) groups excluding carboxylic acids is 1. The number of nitrogens with one attached hydrogen (secondary N) is 2. The van der Waals surface area contributed by atoms with E-state index in [0.717, 1.165) is 18.2 Å². The minimum atomic E-state index is -4.56. The van der Waals surface area contributed by atoms with E-state index in [9.17, 15) is 26.4 Å². The van der Waals surface area contributed by atoms with Gasteiger partial charge in [0.15, 0.2) is 0 Å². The van der Waals surface area contributed by atoms with E-state index >= 15 is 0 Å². The van der Waals surface area contributed by atoms with Crippen molar-refractivity contribution >= 4 is 27.5 Å². The molecule has 6 nitrogen and oxygen atoms in total. The molecule has 1 amide bonds. The first-order valence-electron chi connectivity index (χ1n) is 6.44. The van der Waals surface area contributed by atoms with Crippen molar-refractivity contribution in [3.8, 4) is 0 Å². The second-order valence-corrected chi connectivity index (χ2v) is 6.05. The normalized spacial score (nSPS) is 11.8. The summed E-state index contributed by atoms with van der Waals surface area (Å²) in [6.45, 7) is 0.